The number of H-pyrrole nitrogens is 3. The zero-order valence-corrected chi connectivity index (χ0v) is 24.2. The van der Waals surface area contributed by atoms with E-state index in [9.17, 15) is 0 Å². The van der Waals surface area contributed by atoms with Gasteiger partial charge in [-0.3, -0.25) is 0 Å². The summed E-state index contributed by atoms with van der Waals surface area (Å²) in [6.45, 7) is 0. The quantitative estimate of drug-likeness (QED) is 0.142. The van der Waals surface area contributed by atoms with Crippen molar-refractivity contribution in [3.8, 4) is 0 Å². The van der Waals surface area contributed by atoms with Crippen LogP contribution in [0.1, 0.15) is 0 Å². The van der Waals surface area contributed by atoms with Gasteiger partial charge in [0.15, 0.2) is 18.6 Å². The van der Waals surface area contributed by atoms with Crippen molar-refractivity contribution in [2.45, 2.75) is 0 Å². The van der Waals surface area contributed by atoms with Crippen molar-refractivity contribution in [2.24, 2.45) is 0 Å². The summed E-state index contributed by atoms with van der Waals surface area (Å²) in [6, 6.07) is 36.9. The Morgan fingerprint density at radius 2 is 0.545 bits per heavy atom. The van der Waals surface area contributed by atoms with Crippen molar-refractivity contribution < 1.29 is 86.9 Å². The van der Waals surface area contributed by atoms with Gasteiger partial charge in [-0.05, 0) is 36.4 Å². The first-order chi connectivity index (χ1) is 14.9. The molecule has 0 aliphatic carbocycles. The molecule has 0 bridgehead atoms. The summed E-state index contributed by atoms with van der Waals surface area (Å²) in [5.41, 5.74) is 3.56. The molecule has 0 unspecified atom stereocenters. The number of hydrogen-bond donors (Lipinski definition) is 0. The summed E-state index contributed by atoms with van der Waals surface area (Å²) >= 11 is 0. The lowest BCUT2D eigenvalue weighted by Crippen LogP contribution is -3.00. The topological polar surface area (TPSA) is 42.4 Å². The van der Waals surface area contributed by atoms with Gasteiger partial charge in [0, 0.05) is 52.6 Å². The third kappa shape index (κ3) is 8.74. The summed E-state index contributed by atoms with van der Waals surface area (Å²) in [4.78, 5) is 9.45. The maximum Gasteiger partial charge on any atom is 0.210 e. The lowest BCUT2D eigenvalue weighted by Gasteiger charge is -1.85. The van der Waals surface area contributed by atoms with E-state index >= 15 is 0 Å². The zero-order chi connectivity index (χ0) is 20.4. The minimum Gasteiger partial charge on any atom is -1.00 e. The molecule has 6 heteroatoms. The number of fused-ring (bicyclic) bond motifs is 3. The maximum absolute atomic E-state index is 3.15. The number of benzene rings is 3. The molecule has 3 nitrogen and oxygen atoms in total. The number of para-hydroxylation sites is 3. The second kappa shape index (κ2) is 15.8. The normalized spacial score (nSPS) is 9.09. The van der Waals surface area contributed by atoms with Crippen molar-refractivity contribution in [3.05, 3.63) is 128 Å². The molecule has 0 atom stereocenters. The molecule has 0 amide bonds. The molecule has 3 aromatic carbocycles. The number of nitrogens with one attached hydrogen (secondary N) is 3. The van der Waals surface area contributed by atoms with E-state index in [-0.39, 0.29) is 71.9 Å². The Labute approximate surface area is 245 Å². The molecule has 33 heavy (non-hydrogen) atoms. The second-order valence-corrected chi connectivity index (χ2v) is 6.77. The summed E-state index contributed by atoms with van der Waals surface area (Å²) in [7, 11) is 0. The van der Waals surface area contributed by atoms with Crippen LogP contribution < -0.4 is 86.9 Å². The fourth-order valence-electron chi connectivity index (χ4n) is 3.19. The van der Waals surface area contributed by atoms with Crippen LogP contribution in [0.5, 0.6) is 0 Å². The van der Waals surface area contributed by atoms with E-state index in [1.165, 1.54) is 32.7 Å². The minimum atomic E-state index is 0. The summed E-state index contributed by atoms with van der Waals surface area (Å²) in [6.07, 6.45) is 5.80. The molecule has 0 fully saturated rings. The fourth-order valence-corrected chi connectivity index (χ4v) is 3.19. The van der Waals surface area contributed by atoms with E-state index < -0.39 is 0 Å². The van der Waals surface area contributed by atoms with Gasteiger partial charge in [0.1, 0.15) is 0 Å². The number of pyridine rings is 3. The Bertz CT molecular complexity index is 1010. The number of halogens is 3. The Kier molecular flexibility index (Phi) is 14.0. The average molecular weight is 771 g/mol. The van der Waals surface area contributed by atoms with Crippen LogP contribution >= 0.6 is 0 Å². The molecule has 0 radical (unpaired) electrons. The van der Waals surface area contributed by atoms with Crippen LogP contribution in [0, 0.1) is 0 Å². The van der Waals surface area contributed by atoms with Crippen LogP contribution in [0.3, 0.4) is 0 Å². The first-order valence-corrected chi connectivity index (χ1v) is 9.96. The number of aromatic nitrogens is 3. The molecule has 3 aromatic heterocycles. The van der Waals surface area contributed by atoms with Gasteiger partial charge in [-0.25, -0.2) is 15.0 Å². The van der Waals surface area contributed by atoms with E-state index in [2.05, 4.69) is 69.5 Å². The van der Waals surface area contributed by atoms with Gasteiger partial charge < -0.3 is 71.9 Å². The molecule has 0 spiro atoms. The molecule has 0 aliphatic rings. The van der Waals surface area contributed by atoms with E-state index in [4.69, 9.17) is 0 Å². The first-order valence-electron chi connectivity index (χ1n) is 9.96. The number of rotatable bonds is 0. The van der Waals surface area contributed by atoms with E-state index in [0.717, 1.165) is 0 Å². The highest BCUT2D eigenvalue weighted by Gasteiger charge is 1.94. The van der Waals surface area contributed by atoms with Crippen molar-refractivity contribution >= 4 is 32.7 Å². The molecule has 0 saturated heterocycles. The maximum atomic E-state index is 3.15. The van der Waals surface area contributed by atoms with Crippen LogP contribution in [0.25, 0.3) is 32.7 Å². The molecule has 6 aromatic rings. The minimum absolute atomic E-state index is 0. The Morgan fingerprint density at radius 3 is 0.818 bits per heavy atom. The van der Waals surface area contributed by atoms with Crippen LogP contribution in [-0.2, 0) is 0 Å². The molecular weight excluding hydrogens is 747 g/mol. The highest BCUT2D eigenvalue weighted by Crippen LogP contribution is 2.06. The van der Waals surface area contributed by atoms with E-state index in [0.29, 0.717) is 0 Å². The van der Waals surface area contributed by atoms with Crippen molar-refractivity contribution in [1.29, 1.82) is 0 Å². The highest BCUT2D eigenvalue weighted by molar-refractivity contribution is 5.75. The van der Waals surface area contributed by atoms with Gasteiger partial charge in [0.25, 0.3) is 0 Å². The third-order valence-corrected chi connectivity index (χ3v) is 4.71. The summed E-state index contributed by atoms with van der Waals surface area (Å²) in [5.74, 6) is 0. The van der Waals surface area contributed by atoms with Crippen LogP contribution in [0.2, 0.25) is 0 Å². The van der Waals surface area contributed by atoms with Crippen LogP contribution in [0.4, 0.5) is 0 Å². The summed E-state index contributed by atoms with van der Waals surface area (Å²) in [5, 5.41) is 3.76. The van der Waals surface area contributed by atoms with Gasteiger partial charge in [-0.1, -0.05) is 36.4 Å². The van der Waals surface area contributed by atoms with Gasteiger partial charge >= 0.3 is 0 Å². The zero-order valence-electron chi connectivity index (χ0n) is 17.8. The molecule has 168 valence electrons. The van der Waals surface area contributed by atoms with Gasteiger partial charge in [-0.15, -0.1) is 0 Å². The van der Waals surface area contributed by atoms with Crippen molar-refractivity contribution in [1.82, 2.24) is 0 Å². The molecule has 3 N–H and O–H groups in total. The molecule has 6 rings (SSSR count). The van der Waals surface area contributed by atoms with E-state index in [1.54, 1.807) is 0 Å². The highest BCUT2D eigenvalue weighted by atomic mass is 127. The standard InChI is InChI=1S/3C9H7N.3HI/c3*1-2-6-9-8(4-1)5-3-7-10-9;;;/h3*1-7H;3*1H. The van der Waals surface area contributed by atoms with Gasteiger partial charge in [0.05, 0.1) is 0 Å². The Morgan fingerprint density at radius 1 is 0.303 bits per heavy atom. The lowest BCUT2D eigenvalue weighted by molar-refractivity contribution is -0.345. The number of hydrogen-bond acceptors (Lipinski definition) is 0. The predicted molar refractivity (Wildman–Crippen MR) is 122 cm³/mol. The monoisotopic (exact) mass is 771 g/mol. The van der Waals surface area contributed by atoms with E-state index in [1.807, 2.05) is 73.2 Å². The second-order valence-electron chi connectivity index (χ2n) is 6.77. The smallest absolute Gasteiger partial charge is 0.210 e. The van der Waals surface area contributed by atoms with Crippen LogP contribution in [-0.4, -0.2) is 0 Å². The Balaban J connectivity index is 0.000000237. The van der Waals surface area contributed by atoms with Crippen LogP contribution in [0.15, 0.2) is 128 Å². The Hall–Kier alpha value is -1.92. The molecule has 0 saturated carbocycles. The SMILES string of the molecule is [I-].[I-].[I-].c1ccc2[nH+]cccc2c1.c1ccc2[nH+]cccc2c1.c1ccc2[nH+]cccc2c1. The average Bonchev–Trinajstić information content (AvgIpc) is 2.85. The number of aromatic amines is 3. The lowest BCUT2D eigenvalue weighted by atomic mass is 10.2. The van der Waals surface area contributed by atoms with Gasteiger partial charge in [-0.2, -0.15) is 0 Å². The van der Waals surface area contributed by atoms with Crippen molar-refractivity contribution in [3.63, 3.8) is 0 Å². The summed E-state index contributed by atoms with van der Waals surface area (Å²) < 4.78 is 0. The predicted octanol–water partition coefficient (Wildman–Crippen LogP) is -4.03. The first kappa shape index (κ1) is 29.1. The largest absolute Gasteiger partial charge is 1.00 e. The molecule has 3 heterocycles. The van der Waals surface area contributed by atoms with Crippen molar-refractivity contribution in [2.75, 3.05) is 0 Å². The van der Waals surface area contributed by atoms with Gasteiger partial charge in [0.2, 0.25) is 16.6 Å². The third-order valence-electron chi connectivity index (χ3n) is 4.71. The molecular formula is C27H24I3N3. The fraction of sp³-hybridized carbons (Fsp3) is 0. The molecule has 0 aliphatic heterocycles.